The zero-order chi connectivity index (χ0) is 35.8. The van der Waals surface area contributed by atoms with Crippen molar-refractivity contribution >= 4 is 29.7 Å². The number of ketones is 1. The summed E-state index contributed by atoms with van der Waals surface area (Å²) in [5.41, 5.74) is 7.44. The first-order chi connectivity index (χ1) is 22.6. The maximum absolute atomic E-state index is 14.1. The summed E-state index contributed by atoms with van der Waals surface area (Å²) in [6.07, 6.45) is -0.0735. The van der Waals surface area contributed by atoms with Gasteiger partial charge in [-0.15, -0.1) is 0 Å². The van der Waals surface area contributed by atoms with E-state index in [1.807, 2.05) is 6.92 Å². The van der Waals surface area contributed by atoms with Crippen molar-refractivity contribution in [2.45, 2.75) is 84.0 Å². The summed E-state index contributed by atoms with van der Waals surface area (Å²) in [4.78, 5) is 67.0. The summed E-state index contributed by atoms with van der Waals surface area (Å²) in [5.74, 6) is -2.74. The Hall–Kier alpha value is -4.65. The van der Waals surface area contributed by atoms with Crippen molar-refractivity contribution in [3.63, 3.8) is 0 Å². The molecule has 2 aromatic rings. The Bertz CT molecular complexity index is 1500. The van der Waals surface area contributed by atoms with E-state index in [2.05, 4.69) is 10.6 Å². The van der Waals surface area contributed by atoms with E-state index < -0.39 is 59.3 Å². The van der Waals surface area contributed by atoms with Crippen molar-refractivity contribution in [3.05, 3.63) is 47.5 Å². The average Bonchev–Trinajstić information content (AvgIpc) is 3.02. The lowest BCUT2D eigenvalue weighted by molar-refractivity contribution is -0.145. The fourth-order valence-electron chi connectivity index (χ4n) is 5.36. The Labute approximate surface area is 281 Å². The van der Waals surface area contributed by atoms with Gasteiger partial charge in [-0.05, 0) is 69.0 Å². The summed E-state index contributed by atoms with van der Waals surface area (Å²) in [6.45, 7) is 9.14. The summed E-state index contributed by atoms with van der Waals surface area (Å²) < 4.78 is 16.2. The minimum atomic E-state index is -1.18. The van der Waals surface area contributed by atoms with Gasteiger partial charge in [-0.25, -0.2) is 9.59 Å². The topological polar surface area (TPSA) is 187 Å². The fourth-order valence-corrected chi connectivity index (χ4v) is 5.36. The number of alkyl carbamates (subject to hydrolysis) is 1. The molecule has 3 rings (SSSR count). The standard InChI is InChI=1S/C35H48N4O9/c1-8-15-47-29-12-10-22-19-24(29)23-17-21(9-11-27(23)40)18-26(33(44)46-7)38-31(42)20(2)16-28(41)30(22)39(6)32(43)25(36)13-14-37-34(45)48-35(3,4)5/h9-12,17,19-20,25-26,30,40H,8,13-16,18,36H2,1-7H3,(H,37,45)(H,38,42)/t20-,25+,26+,30+/m1/s1. The number of esters is 1. The smallest absolute Gasteiger partial charge is 0.407 e. The molecule has 48 heavy (non-hydrogen) atoms. The number of nitrogens with two attached hydrogens (primary N) is 1. The van der Waals surface area contributed by atoms with Gasteiger partial charge in [-0.3, -0.25) is 14.4 Å². The van der Waals surface area contributed by atoms with E-state index in [1.54, 1.807) is 58.0 Å². The molecule has 0 saturated carbocycles. The molecule has 4 atom stereocenters. The molecule has 0 aromatic heterocycles. The maximum Gasteiger partial charge on any atom is 0.407 e. The van der Waals surface area contributed by atoms with E-state index in [9.17, 15) is 29.1 Å². The number of phenolic OH excluding ortho intramolecular Hbond substituents is 1. The summed E-state index contributed by atoms with van der Waals surface area (Å²) in [6, 6.07) is 6.51. The van der Waals surface area contributed by atoms with E-state index in [-0.39, 0.29) is 31.6 Å². The van der Waals surface area contributed by atoms with Crippen LogP contribution in [0.5, 0.6) is 11.5 Å². The Morgan fingerprint density at radius 1 is 1.10 bits per heavy atom. The number of aromatic hydroxyl groups is 1. The van der Waals surface area contributed by atoms with Gasteiger partial charge in [0.05, 0.1) is 19.8 Å². The third-order valence-electron chi connectivity index (χ3n) is 7.81. The van der Waals surface area contributed by atoms with Gasteiger partial charge in [0.25, 0.3) is 0 Å². The van der Waals surface area contributed by atoms with E-state index >= 15 is 0 Å². The number of fused-ring (bicyclic) bond motifs is 5. The number of Topliss-reactive ketones (excluding diaryl/α,β-unsaturated/α-hetero) is 1. The van der Waals surface area contributed by atoms with Gasteiger partial charge in [0, 0.05) is 43.5 Å². The highest BCUT2D eigenvalue weighted by Gasteiger charge is 2.35. The maximum atomic E-state index is 14.1. The van der Waals surface area contributed by atoms with Gasteiger partial charge in [-0.1, -0.05) is 26.0 Å². The van der Waals surface area contributed by atoms with Gasteiger partial charge in [0.2, 0.25) is 11.8 Å². The Kier molecular flexibility index (Phi) is 13.0. The molecule has 0 aliphatic carbocycles. The molecule has 0 spiro atoms. The number of likely N-dealkylation sites (N-methyl/N-ethyl adjacent to an activating group) is 1. The quantitative estimate of drug-likeness (QED) is 0.289. The first-order valence-electron chi connectivity index (χ1n) is 16.0. The van der Waals surface area contributed by atoms with E-state index in [1.165, 1.54) is 25.1 Å². The van der Waals surface area contributed by atoms with Crippen LogP contribution >= 0.6 is 0 Å². The lowest BCUT2D eigenvalue weighted by Gasteiger charge is -2.31. The zero-order valence-corrected chi connectivity index (χ0v) is 28.8. The van der Waals surface area contributed by atoms with Crippen molar-refractivity contribution in [1.29, 1.82) is 0 Å². The molecule has 262 valence electrons. The van der Waals surface area contributed by atoms with Crippen LogP contribution in [0, 0.1) is 5.92 Å². The van der Waals surface area contributed by atoms with Crippen LogP contribution < -0.4 is 21.1 Å². The lowest BCUT2D eigenvalue weighted by Crippen LogP contribution is -2.48. The number of nitrogens with one attached hydrogen (secondary N) is 2. The molecule has 0 unspecified atom stereocenters. The third kappa shape index (κ3) is 9.93. The second-order valence-electron chi connectivity index (χ2n) is 13.0. The zero-order valence-electron chi connectivity index (χ0n) is 28.8. The molecule has 1 aliphatic heterocycles. The van der Waals surface area contributed by atoms with Crippen molar-refractivity contribution in [2.75, 3.05) is 27.3 Å². The first-order valence-corrected chi connectivity index (χ1v) is 16.0. The van der Waals surface area contributed by atoms with E-state index in [4.69, 9.17) is 19.9 Å². The van der Waals surface area contributed by atoms with Crippen LogP contribution in [0.25, 0.3) is 11.1 Å². The first kappa shape index (κ1) is 37.8. The average molecular weight is 669 g/mol. The van der Waals surface area contributed by atoms with Crippen molar-refractivity contribution in [3.8, 4) is 22.6 Å². The SMILES string of the molecule is CCCOc1ccc2cc1-c1cc(ccc1O)C[C@@H](C(=O)OC)NC(=O)[C@H](C)CC(=O)[C@H]2N(C)C(=O)[C@@H](N)CCNC(=O)OC(C)(C)C. The number of phenols is 1. The largest absolute Gasteiger partial charge is 0.507 e. The van der Waals surface area contributed by atoms with Gasteiger partial charge < -0.3 is 40.6 Å². The molecule has 4 bridgehead atoms. The highest BCUT2D eigenvalue weighted by atomic mass is 16.6. The van der Waals surface area contributed by atoms with Crippen molar-refractivity contribution in [1.82, 2.24) is 15.5 Å². The number of ether oxygens (including phenoxy) is 3. The number of benzene rings is 2. The molecule has 0 radical (unpaired) electrons. The molecule has 1 aliphatic rings. The Morgan fingerprint density at radius 2 is 1.81 bits per heavy atom. The third-order valence-corrected chi connectivity index (χ3v) is 7.81. The number of carbonyl (C=O) groups excluding carboxylic acids is 5. The van der Waals surface area contributed by atoms with Crippen LogP contribution in [0.2, 0.25) is 0 Å². The number of methoxy groups -OCH3 is 1. The molecule has 0 fully saturated rings. The Morgan fingerprint density at radius 3 is 2.46 bits per heavy atom. The van der Waals surface area contributed by atoms with Crippen LogP contribution in [0.15, 0.2) is 36.4 Å². The normalized spacial score (nSPS) is 18.9. The van der Waals surface area contributed by atoms with Crippen molar-refractivity contribution in [2.24, 2.45) is 11.7 Å². The molecule has 1 heterocycles. The molecule has 0 saturated heterocycles. The van der Waals surface area contributed by atoms with Gasteiger partial charge >= 0.3 is 12.1 Å². The molecule has 13 nitrogen and oxygen atoms in total. The van der Waals surface area contributed by atoms with Gasteiger partial charge in [-0.2, -0.15) is 0 Å². The number of carbonyl (C=O) groups is 5. The van der Waals surface area contributed by atoms with Gasteiger partial charge in [0.15, 0.2) is 5.78 Å². The lowest BCUT2D eigenvalue weighted by atomic mass is 9.89. The van der Waals surface area contributed by atoms with E-state index in [0.29, 0.717) is 41.0 Å². The van der Waals surface area contributed by atoms with Crippen LogP contribution in [-0.2, 0) is 35.1 Å². The number of nitrogens with zero attached hydrogens (tertiary/aromatic N) is 1. The highest BCUT2D eigenvalue weighted by Crippen LogP contribution is 2.40. The Balaban J connectivity index is 2.08. The fraction of sp³-hybridized carbons (Fsp3) is 0.514. The van der Waals surface area contributed by atoms with E-state index in [0.717, 1.165) is 0 Å². The minimum Gasteiger partial charge on any atom is -0.507 e. The predicted octanol–water partition coefficient (Wildman–Crippen LogP) is 3.40. The van der Waals surface area contributed by atoms with Crippen molar-refractivity contribution < 1.29 is 43.3 Å². The van der Waals surface area contributed by atoms with Crippen LogP contribution in [0.3, 0.4) is 0 Å². The molecule has 13 heteroatoms. The number of hydrogen-bond acceptors (Lipinski definition) is 10. The monoisotopic (exact) mass is 668 g/mol. The number of amides is 3. The predicted molar refractivity (Wildman–Crippen MR) is 178 cm³/mol. The number of hydrogen-bond donors (Lipinski definition) is 4. The summed E-state index contributed by atoms with van der Waals surface area (Å²) in [5, 5.41) is 16.3. The molecular formula is C35H48N4O9. The number of rotatable bonds is 9. The molecule has 5 N–H and O–H groups in total. The van der Waals surface area contributed by atoms with Gasteiger partial charge in [0.1, 0.15) is 29.2 Å². The molecular weight excluding hydrogens is 620 g/mol. The minimum absolute atomic E-state index is 0.0517. The summed E-state index contributed by atoms with van der Waals surface area (Å²) >= 11 is 0. The van der Waals surface area contributed by atoms with Crippen LogP contribution in [-0.4, -0.2) is 84.7 Å². The summed E-state index contributed by atoms with van der Waals surface area (Å²) in [7, 11) is 2.67. The second kappa shape index (κ2) is 16.4. The highest BCUT2D eigenvalue weighted by molar-refractivity contribution is 5.95. The second-order valence-corrected chi connectivity index (χ2v) is 13.0. The molecule has 2 aromatic carbocycles. The van der Waals surface area contributed by atoms with Crippen LogP contribution in [0.4, 0.5) is 4.79 Å². The molecule has 3 amide bonds. The van der Waals surface area contributed by atoms with Crippen LogP contribution in [0.1, 0.15) is 71.0 Å².